The zero-order chi connectivity index (χ0) is 10.3. The maximum atomic E-state index is 5.88. The van der Waals surface area contributed by atoms with Gasteiger partial charge >= 0.3 is 0 Å². The van der Waals surface area contributed by atoms with E-state index in [0.717, 1.165) is 17.2 Å². The summed E-state index contributed by atoms with van der Waals surface area (Å²) in [6.07, 6.45) is 0. The Kier molecular flexibility index (Phi) is 1.95. The van der Waals surface area contributed by atoms with Gasteiger partial charge in [-0.05, 0) is 12.1 Å². The van der Waals surface area contributed by atoms with Gasteiger partial charge < -0.3 is 5.73 Å². The minimum atomic E-state index is 0.679. The molecular formula is C11H11N3S. The zero-order valence-corrected chi connectivity index (χ0v) is 9.00. The molecule has 1 aromatic carbocycles. The number of benzene rings is 1. The fraction of sp³-hybridized carbons (Fsp3) is 0.182. The summed E-state index contributed by atoms with van der Waals surface area (Å²) in [7, 11) is 0. The number of hydrogen-bond donors (Lipinski definition) is 1. The lowest BCUT2D eigenvalue weighted by atomic mass is 10.2. The van der Waals surface area contributed by atoms with Crippen LogP contribution in [-0.2, 0) is 11.5 Å². The third-order valence-electron chi connectivity index (χ3n) is 2.61. The smallest absolute Gasteiger partial charge is 0.150 e. The SMILES string of the molecule is Nc1nn(-c2ccccc2)c2c1CSC2. The molecule has 0 atom stereocenters. The topological polar surface area (TPSA) is 43.8 Å². The highest BCUT2D eigenvalue weighted by molar-refractivity contribution is 7.98. The zero-order valence-electron chi connectivity index (χ0n) is 8.18. The molecule has 1 aromatic heterocycles. The van der Waals surface area contributed by atoms with Gasteiger partial charge in [0.15, 0.2) is 0 Å². The second kappa shape index (κ2) is 3.31. The summed E-state index contributed by atoms with van der Waals surface area (Å²) in [5.74, 6) is 2.68. The Balaban J connectivity index is 2.18. The maximum absolute atomic E-state index is 5.88. The van der Waals surface area contributed by atoms with Crippen molar-refractivity contribution in [3.8, 4) is 5.69 Å². The second-order valence-corrected chi connectivity index (χ2v) is 4.54. The van der Waals surface area contributed by atoms with Gasteiger partial charge in [0.1, 0.15) is 5.82 Å². The van der Waals surface area contributed by atoms with E-state index in [4.69, 9.17) is 5.73 Å². The minimum Gasteiger partial charge on any atom is -0.382 e. The molecule has 1 aliphatic rings. The van der Waals surface area contributed by atoms with Crippen LogP contribution in [0.3, 0.4) is 0 Å². The van der Waals surface area contributed by atoms with E-state index in [1.165, 1.54) is 11.3 Å². The highest BCUT2D eigenvalue weighted by atomic mass is 32.2. The number of fused-ring (bicyclic) bond motifs is 1. The highest BCUT2D eigenvalue weighted by Gasteiger charge is 2.21. The molecule has 4 heteroatoms. The molecule has 15 heavy (non-hydrogen) atoms. The van der Waals surface area contributed by atoms with Crippen LogP contribution in [0.5, 0.6) is 0 Å². The number of thioether (sulfide) groups is 1. The Hall–Kier alpha value is -1.42. The van der Waals surface area contributed by atoms with Crippen LogP contribution < -0.4 is 5.73 Å². The second-order valence-electron chi connectivity index (χ2n) is 3.55. The van der Waals surface area contributed by atoms with Crippen LogP contribution in [0.4, 0.5) is 5.82 Å². The Morgan fingerprint density at radius 1 is 1.20 bits per heavy atom. The van der Waals surface area contributed by atoms with E-state index < -0.39 is 0 Å². The Morgan fingerprint density at radius 2 is 2.00 bits per heavy atom. The molecule has 0 amide bonds. The van der Waals surface area contributed by atoms with Gasteiger partial charge in [-0.2, -0.15) is 16.9 Å². The fourth-order valence-electron chi connectivity index (χ4n) is 1.84. The van der Waals surface area contributed by atoms with Crippen molar-refractivity contribution in [3.05, 3.63) is 41.6 Å². The van der Waals surface area contributed by atoms with Gasteiger partial charge in [0.25, 0.3) is 0 Å². The Morgan fingerprint density at radius 3 is 2.80 bits per heavy atom. The van der Waals surface area contributed by atoms with Crippen LogP contribution in [0.25, 0.3) is 5.69 Å². The first-order chi connectivity index (χ1) is 7.36. The van der Waals surface area contributed by atoms with Gasteiger partial charge in [-0.15, -0.1) is 0 Å². The third kappa shape index (κ3) is 1.33. The minimum absolute atomic E-state index is 0.679. The van der Waals surface area contributed by atoms with E-state index >= 15 is 0 Å². The molecule has 3 nitrogen and oxygen atoms in total. The van der Waals surface area contributed by atoms with Crippen LogP contribution in [0.1, 0.15) is 11.3 Å². The summed E-state index contributed by atoms with van der Waals surface area (Å²) in [4.78, 5) is 0. The molecule has 0 aliphatic carbocycles. The molecule has 2 N–H and O–H groups in total. The van der Waals surface area contributed by atoms with Crippen LogP contribution in [0, 0.1) is 0 Å². The normalized spacial score (nSPS) is 14.1. The standard InChI is InChI=1S/C11H11N3S/c12-11-9-6-15-7-10(9)14(13-11)8-4-2-1-3-5-8/h1-5H,6-7H2,(H2,12,13). The van der Waals surface area contributed by atoms with E-state index in [1.54, 1.807) is 0 Å². The van der Waals surface area contributed by atoms with Crippen molar-refractivity contribution in [1.29, 1.82) is 0 Å². The van der Waals surface area contributed by atoms with Gasteiger partial charge in [0.05, 0.1) is 11.4 Å². The number of nitrogens with zero attached hydrogens (tertiary/aromatic N) is 2. The molecular weight excluding hydrogens is 206 g/mol. The first kappa shape index (κ1) is 8.85. The number of aromatic nitrogens is 2. The molecule has 0 bridgehead atoms. The Labute approximate surface area is 92.3 Å². The Bertz CT molecular complexity index is 490. The lowest BCUT2D eigenvalue weighted by Crippen LogP contribution is -2.00. The summed E-state index contributed by atoms with van der Waals surface area (Å²) in [5.41, 5.74) is 9.44. The first-order valence-corrected chi connectivity index (χ1v) is 6.01. The van der Waals surface area contributed by atoms with Gasteiger partial charge in [-0.25, -0.2) is 4.68 Å². The van der Waals surface area contributed by atoms with Gasteiger partial charge in [-0.3, -0.25) is 0 Å². The van der Waals surface area contributed by atoms with Crippen molar-refractivity contribution < 1.29 is 0 Å². The van der Waals surface area contributed by atoms with Crippen molar-refractivity contribution in [2.24, 2.45) is 0 Å². The van der Waals surface area contributed by atoms with Gasteiger partial charge in [-0.1, -0.05) is 18.2 Å². The molecule has 76 valence electrons. The summed E-state index contributed by atoms with van der Waals surface area (Å²) >= 11 is 1.89. The predicted octanol–water partition coefficient (Wildman–Crippen LogP) is 2.20. The van der Waals surface area contributed by atoms with Crippen LogP contribution >= 0.6 is 11.8 Å². The lowest BCUT2D eigenvalue weighted by molar-refractivity contribution is 0.847. The van der Waals surface area contributed by atoms with E-state index in [2.05, 4.69) is 17.2 Å². The van der Waals surface area contributed by atoms with Crippen LogP contribution in [0.2, 0.25) is 0 Å². The van der Waals surface area contributed by atoms with E-state index in [1.807, 2.05) is 34.6 Å². The largest absolute Gasteiger partial charge is 0.382 e. The van der Waals surface area contributed by atoms with Crippen molar-refractivity contribution >= 4 is 17.6 Å². The average molecular weight is 217 g/mol. The molecule has 0 spiro atoms. The highest BCUT2D eigenvalue weighted by Crippen LogP contribution is 2.34. The number of nitrogen functional groups attached to an aromatic ring is 1. The molecule has 0 unspecified atom stereocenters. The van der Waals surface area contributed by atoms with E-state index in [0.29, 0.717) is 5.82 Å². The quantitative estimate of drug-likeness (QED) is 0.796. The number of hydrogen-bond acceptors (Lipinski definition) is 3. The van der Waals surface area contributed by atoms with Crippen molar-refractivity contribution in [1.82, 2.24) is 9.78 Å². The maximum Gasteiger partial charge on any atom is 0.150 e. The van der Waals surface area contributed by atoms with E-state index in [-0.39, 0.29) is 0 Å². The number of nitrogens with two attached hydrogens (primary N) is 1. The monoisotopic (exact) mass is 217 g/mol. The van der Waals surface area contributed by atoms with E-state index in [9.17, 15) is 0 Å². The molecule has 0 saturated carbocycles. The molecule has 2 heterocycles. The summed E-state index contributed by atoms with van der Waals surface area (Å²) < 4.78 is 1.96. The molecule has 0 saturated heterocycles. The molecule has 3 rings (SSSR count). The number of anilines is 1. The van der Waals surface area contributed by atoms with Gasteiger partial charge in [0, 0.05) is 17.1 Å². The molecule has 0 fully saturated rings. The fourth-order valence-corrected chi connectivity index (χ4v) is 2.95. The summed E-state index contributed by atoms with van der Waals surface area (Å²) in [5, 5.41) is 4.38. The lowest BCUT2D eigenvalue weighted by Gasteiger charge is -2.03. The summed E-state index contributed by atoms with van der Waals surface area (Å²) in [6, 6.07) is 10.1. The number of rotatable bonds is 1. The predicted molar refractivity (Wildman–Crippen MR) is 63.0 cm³/mol. The van der Waals surface area contributed by atoms with Crippen molar-refractivity contribution in [2.45, 2.75) is 11.5 Å². The van der Waals surface area contributed by atoms with Crippen LogP contribution in [-0.4, -0.2) is 9.78 Å². The third-order valence-corrected chi connectivity index (χ3v) is 3.58. The average Bonchev–Trinajstić information content (AvgIpc) is 2.84. The first-order valence-electron chi connectivity index (χ1n) is 4.85. The molecule has 1 aliphatic heterocycles. The summed E-state index contributed by atoms with van der Waals surface area (Å²) in [6.45, 7) is 0. The van der Waals surface area contributed by atoms with Crippen molar-refractivity contribution in [2.75, 3.05) is 5.73 Å². The molecule has 2 aromatic rings. The molecule has 0 radical (unpaired) electrons. The van der Waals surface area contributed by atoms with Crippen molar-refractivity contribution in [3.63, 3.8) is 0 Å². The number of para-hydroxylation sites is 1. The van der Waals surface area contributed by atoms with Crippen LogP contribution in [0.15, 0.2) is 30.3 Å². The van der Waals surface area contributed by atoms with Gasteiger partial charge in [0.2, 0.25) is 0 Å².